The van der Waals surface area contributed by atoms with Crippen molar-refractivity contribution in [2.24, 2.45) is 35.3 Å². The minimum atomic E-state index is -1.47. The van der Waals surface area contributed by atoms with E-state index in [0.29, 0.717) is 11.0 Å². The van der Waals surface area contributed by atoms with E-state index in [1.165, 1.54) is 6.92 Å². The maximum absolute atomic E-state index is 12.2. The van der Waals surface area contributed by atoms with Crippen LogP contribution < -0.4 is 16.4 Å². The van der Waals surface area contributed by atoms with E-state index in [1.54, 1.807) is 26.0 Å². The second-order valence-electron chi connectivity index (χ2n) is 17.0. The molecule has 0 radical (unpaired) electrons. The fraction of sp³-hybridized carbons (Fsp3) is 0.714. The third kappa shape index (κ3) is 14.3. The van der Waals surface area contributed by atoms with Crippen LogP contribution in [0.4, 0.5) is 0 Å². The summed E-state index contributed by atoms with van der Waals surface area (Å²) in [5.74, 6) is -2.49. The number of rotatable bonds is 10. The number of carbonyl (C=O) groups is 6. The molecule has 7 aliphatic rings. The lowest BCUT2D eigenvalue weighted by molar-refractivity contribution is -0.253. The van der Waals surface area contributed by atoms with Crippen molar-refractivity contribution in [3.05, 3.63) is 34.9 Å². The molecule has 0 aromatic heterocycles. The molecule has 4 fully saturated rings. The number of carbonyl (C=O) groups excluding carboxylic acids is 6. The van der Waals surface area contributed by atoms with Crippen molar-refractivity contribution < 1.29 is 93.4 Å². The molecule has 0 bridgehead atoms. The minimum absolute atomic E-state index is 0. The van der Waals surface area contributed by atoms with Crippen LogP contribution in [0.1, 0.15) is 67.7 Å². The third-order valence-corrected chi connectivity index (χ3v) is 12.2. The van der Waals surface area contributed by atoms with Crippen LogP contribution in [0, 0.1) is 29.6 Å². The van der Waals surface area contributed by atoms with E-state index < -0.39 is 105 Å². The average molecular weight is 965 g/mol. The van der Waals surface area contributed by atoms with Gasteiger partial charge in [0.05, 0.1) is 49.2 Å². The molecule has 24 heteroatoms. The highest BCUT2D eigenvalue weighted by Gasteiger charge is 2.47. The van der Waals surface area contributed by atoms with Crippen molar-refractivity contribution in [1.29, 1.82) is 0 Å². The zero-order valence-corrected chi connectivity index (χ0v) is 38.5. The van der Waals surface area contributed by atoms with E-state index in [2.05, 4.69) is 36.2 Å². The number of amides is 4. The second-order valence-corrected chi connectivity index (χ2v) is 17.0. The zero-order chi connectivity index (χ0) is 48.8. The van der Waals surface area contributed by atoms with Gasteiger partial charge in [0.15, 0.2) is 12.6 Å². The first-order valence-corrected chi connectivity index (χ1v) is 21.4. The number of ether oxygens (including phenoxy) is 4. The molecular weight excluding hydrogens is 900 g/mol. The molecule has 7 rings (SSSR count). The first-order valence-electron chi connectivity index (χ1n) is 21.4. The van der Waals surface area contributed by atoms with Gasteiger partial charge in [0, 0.05) is 19.8 Å². The molecule has 4 heterocycles. The molecule has 374 valence electrons. The van der Waals surface area contributed by atoms with Crippen LogP contribution in [0.3, 0.4) is 0 Å². The van der Waals surface area contributed by atoms with Crippen LogP contribution in [0.2, 0.25) is 0 Å². The first kappa shape index (κ1) is 56.4. The third-order valence-electron chi connectivity index (χ3n) is 12.2. The van der Waals surface area contributed by atoms with Crippen molar-refractivity contribution >= 4 is 48.0 Å². The summed E-state index contributed by atoms with van der Waals surface area (Å²) in [5, 5.41) is 80.0. The molecule has 0 aromatic carbocycles. The minimum Gasteiger partial charge on any atom is -0.434 e. The summed E-state index contributed by atoms with van der Waals surface area (Å²) >= 11 is 0. The molecule has 4 aliphatic heterocycles. The zero-order valence-electron chi connectivity index (χ0n) is 37.7. The van der Waals surface area contributed by atoms with Crippen LogP contribution in [0.15, 0.2) is 34.9 Å². The monoisotopic (exact) mass is 964 g/mol. The summed E-state index contributed by atoms with van der Waals surface area (Å²) < 4.78 is 20.8. The molecule has 66 heavy (non-hydrogen) atoms. The lowest BCUT2D eigenvalue weighted by atomic mass is 9.81. The predicted molar refractivity (Wildman–Crippen MR) is 227 cm³/mol. The van der Waals surface area contributed by atoms with E-state index in [-0.39, 0.29) is 72.9 Å². The number of halogens is 1. The molecule has 0 spiro atoms. The first-order chi connectivity index (χ1) is 30.5. The number of aliphatic hydroxyl groups excluding tert-OH is 8. The van der Waals surface area contributed by atoms with Crippen molar-refractivity contribution in [1.82, 2.24) is 15.7 Å². The summed E-state index contributed by atoms with van der Waals surface area (Å²) in [6, 6.07) is -2.46. The highest BCUT2D eigenvalue weighted by molar-refractivity contribution is 6.02. The predicted octanol–water partition coefficient (Wildman–Crippen LogP) is -3.17. The average Bonchev–Trinajstić information content (AvgIpc) is 4.23. The van der Waals surface area contributed by atoms with Gasteiger partial charge in [0.25, 0.3) is 11.8 Å². The standard InChI is InChI=1S/C16H25NO4.C11H17NO6.C9H9NO4.C6H13NO5.ClH/c1-6-13-9(3)10(4)14(16(21-13)20-11(5)18)17-15(19)12-7-8(12)2;1-4-2-5(4)10(16)12-7-9(15)8(14)6(3-13)18-11(7)17;1-5-4-6(5)9(13)14-10-7(11)2-3-8(10)12;7-3-5(10)4(9)2(1-8)12-6(3)11;/h7,9-10,12-14,16H,6H2,1-5H3,(H,17,19);2,5-9,11,13-15,17H,3H2,1H3,(H,12,16);4,6H,2-3H2,1H3;2-6,8-11H,1,7H2;1H/t9-,10-,12?,13?,14?,16?;5?,6?,7?,8-,9-,11?;;2?,3?,4-,5-,6?;/m01.1./s1. The SMILES string of the molecule is CC1=CC1C(=O)NC1C(O)OC(CO)[C@@H](O)[C@@H]1O.CC1=CC1C(=O)ON1C(=O)CCC1=O.CCC1OC(OC(C)=O)C(NC(=O)C2C=C2C)[C@@H](C)[C@@H]1C.Cl.NC1C(O)OC(CO)[C@@H](O)[C@@H]1O. The Hall–Kier alpha value is -3.95. The number of aliphatic hydroxyl groups is 8. The maximum Gasteiger partial charge on any atom is 0.344 e. The van der Waals surface area contributed by atoms with E-state index in [4.69, 9.17) is 40.0 Å². The Morgan fingerprint density at radius 1 is 0.697 bits per heavy atom. The van der Waals surface area contributed by atoms with Gasteiger partial charge in [0.2, 0.25) is 18.1 Å². The molecule has 0 saturated carbocycles. The molecule has 18 atom stereocenters. The van der Waals surface area contributed by atoms with Gasteiger partial charge in [-0.05, 0) is 39.0 Å². The highest BCUT2D eigenvalue weighted by Crippen LogP contribution is 2.35. The topological polar surface area (TPSA) is 364 Å². The van der Waals surface area contributed by atoms with E-state index in [9.17, 15) is 54.3 Å². The number of esters is 1. The fourth-order valence-corrected chi connectivity index (χ4v) is 7.37. The Morgan fingerprint density at radius 2 is 1.14 bits per heavy atom. The van der Waals surface area contributed by atoms with Gasteiger partial charge in [-0.15, -0.1) is 17.5 Å². The number of hydrogen-bond acceptors (Lipinski definition) is 20. The lowest BCUT2D eigenvalue weighted by Crippen LogP contribution is -2.64. The molecular formula is C42H65ClN4O19. The van der Waals surface area contributed by atoms with Gasteiger partial charge in [-0.25, -0.2) is 4.79 Å². The number of nitrogens with two attached hydrogens (primary N) is 1. The van der Waals surface area contributed by atoms with Crippen LogP contribution in [-0.2, 0) is 52.6 Å². The molecule has 4 saturated heterocycles. The van der Waals surface area contributed by atoms with Crippen LogP contribution >= 0.6 is 12.4 Å². The summed E-state index contributed by atoms with van der Waals surface area (Å²) in [6.07, 6.45) is -4.33. The summed E-state index contributed by atoms with van der Waals surface area (Å²) in [6.45, 7) is 12.1. The van der Waals surface area contributed by atoms with Gasteiger partial charge in [-0.3, -0.25) is 24.0 Å². The molecule has 0 aromatic rings. The number of nitrogens with one attached hydrogen (secondary N) is 2. The summed E-state index contributed by atoms with van der Waals surface area (Å²) in [5.41, 5.74) is 8.18. The number of imide groups is 1. The van der Waals surface area contributed by atoms with Crippen molar-refractivity contribution in [2.75, 3.05) is 13.2 Å². The Morgan fingerprint density at radius 3 is 1.56 bits per heavy atom. The van der Waals surface area contributed by atoms with Gasteiger partial charge in [0.1, 0.15) is 42.7 Å². The van der Waals surface area contributed by atoms with Crippen LogP contribution in [0.25, 0.3) is 0 Å². The summed E-state index contributed by atoms with van der Waals surface area (Å²) in [4.78, 5) is 73.1. The second kappa shape index (κ2) is 24.4. The maximum atomic E-state index is 12.2. The molecule has 12 unspecified atom stereocenters. The number of hydroxylamine groups is 2. The van der Waals surface area contributed by atoms with Crippen molar-refractivity contribution in [2.45, 2.75) is 147 Å². The molecule has 3 aliphatic carbocycles. The largest absolute Gasteiger partial charge is 0.434 e. The van der Waals surface area contributed by atoms with E-state index in [0.717, 1.165) is 23.1 Å². The molecule has 4 amide bonds. The van der Waals surface area contributed by atoms with Crippen molar-refractivity contribution in [3.8, 4) is 0 Å². The molecule has 23 nitrogen and oxygen atoms in total. The van der Waals surface area contributed by atoms with Gasteiger partial charge >= 0.3 is 11.9 Å². The Kier molecular flexibility index (Phi) is 20.8. The fourth-order valence-electron chi connectivity index (χ4n) is 7.37. The van der Waals surface area contributed by atoms with Gasteiger partial charge < -0.3 is 81.0 Å². The summed E-state index contributed by atoms with van der Waals surface area (Å²) in [7, 11) is 0. The van der Waals surface area contributed by atoms with Crippen LogP contribution in [-0.4, -0.2) is 174 Å². The number of hydrogen-bond donors (Lipinski definition) is 11. The van der Waals surface area contributed by atoms with Gasteiger partial charge in [-0.2, -0.15) is 0 Å². The Labute approximate surface area is 387 Å². The highest BCUT2D eigenvalue weighted by atomic mass is 35.5. The van der Waals surface area contributed by atoms with E-state index in [1.807, 2.05) is 13.0 Å². The Bertz CT molecular complexity index is 1830. The van der Waals surface area contributed by atoms with Crippen molar-refractivity contribution in [3.63, 3.8) is 0 Å². The Balaban J connectivity index is 0.000000237. The van der Waals surface area contributed by atoms with Crippen LogP contribution in [0.5, 0.6) is 0 Å². The lowest BCUT2D eigenvalue weighted by Gasteiger charge is -2.44. The molecule has 12 N–H and O–H groups in total. The number of nitrogens with zero attached hydrogens (tertiary/aromatic N) is 1. The smallest absolute Gasteiger partial charge is 0.344 e. The normalized spacial score (nSPS) is 38.3. The van der Waals surface area contributed by atoms with Gasteiger partial charge in [-0.1, -0.05) is 55.7 Å². The van der Waals surface area contributed by atoms with E-state index >= 15 is 0 Å². The quantitative estimate of drug-likeness (QED) is 0.0584.